The van der Waals surface area contributed by atoms with Crippen molar-refractivity contribution < 1.29 is 0 Å². The molecule has 3 aromatic rings. The highest BCUT2D eigenvalue weighted by atomic mass is 15.1. The molecule has 2 N–H and O–H groups in total. The molecule has 0 aliphatic carbocycles. The van der Waals surface area contributed by atoms with E-state index in [1.165, 1.54) is 44.9 Å². The molecule has 0 saturated carbocycles. The summed E-state index contributed by atoms with van der Waals surface area (Å²) in [6, 6.07) is 22.7. The van der Waals surface area contributed by atoms with Gasteiger partial charge in [-0.15, -0.1) is 0 Å². The highest BCUT2D eigenvalue weighted by Crippen LogP contribution is 2.37. The lowest BCUT2D eigenvalue weighted by molar-refractivity contribution is 0.778. The maximum Gasteiger partial charge on any atom is 0.0686 e. The van der Waals surface area contributed by atoms with Crippen LogP contribution >= 0.6 is 0 Å². The van der Waals surface area contributed by atoms with Crippen LogP contribution in [-0.4, -0.2) is 20.6 Å². The molecule has 0 heterocycles. The fraction of sp³-hybridized carbons (Fsp3) is 0.471. The number of nitrogens with one attached hydrogen (secondary N) is 2. The summed E-state index contributed by atoms with van der Waals surface area (Å²) in [5.74, 6) is 1.81. The number of nitrogens with zero attached hydrogens (tertiary/aromatic N) is 1. The lowest BCUT2D eigenvalue weighted by atomic mass is 9.91. The summed E-state index contributed by atoms with van der Waals surface area (Å²) < 4.78 is 0. The van der Waals surface area contributed by atoms with Crippen LogP contribution < -0.4 is 15.5 Å². The first-order chi connectivity index (χ1) is 17.5. The minimum Gasteiger partial charge on any atom is -0.382 e. The predicted molar refractivity (Wildman–Crippen MR) is 165 cm³/mol. The van der Waals surface area contributed by atoms with Gasteiger partial charge in [0, 0.05) is 37.7 Å². The van der Waals surface area contributed by atoms with Crippen LogP contribution in [0.2, 0.25) is 0 Å². The number of benzene rings is 3. The van der Waals surface area contributed by atoms with E-state index in [1.807, 2.05) is 0 Å². The Labute approximate surface area is 226 Å². The molecule has 0 aromatic heterocycles. The Morgan fingerprint density at radius 2 is 0.973 bits per heavy atom. The Hall–Kier alpha value is -2.94. The molecule has 3 heteroatoms. The van der Waals surface area contributed by atoms with Gasteiger partial charge in [0.05, 0.1) is 6.04 Å². The van der Waals surface area contributed by atoms with Gasteiger partial charge in [-0.3, -0.25) is 0 Å². The number of para-hydroxylation sites is 2. The van der Waals surface area contributed by atoms with Crippen molar-refractivity contribution >= 4 is 17.1 Å². The maximum absolute atomic E-state index is 4.04. The van der Waals surface area contributed by atoms with Crippen molar-refractivity contribution in [2.45, 2.75) is 85.1 Å². The van der Waals surface area contributed by atoms with Gasteiger partial charge in [-0.05, 0) is 63.6 Å². The molecule has 0 aliphatic rings. The molecule has 0 fully saturated rings. The Bertz CT molecular complexity index is 1090. The molecule has 3 nitrogen and oxygen atoms in total. The molecule has 0 amide bonds. The van der Waals surface area contributed by atoms with Gasteiger partial charge in [-0.25, -0.2) is 0 Å². The second kappa shape index (κ2) is 12.5. The fourth-order valence-corrected chi connectivity index (χ4v) is 5.11. The van der Waals surface area contributed by atoms with Crippen molar-refractivity contribution in [3.05, 3.63) is 88.5 Å². The molecular weight excluding hydrogens is 450 g/mol. The molecule has 0 bridgehead atoms. The van der Waals surface area contributed by atoms with E-state index < -0.39 is 0 Å². The van der Waals surface area contributed by atoms with Gasteiger partial charge in [-0.1, -0.05) is 104 Å². The van der Waals surface area contributed by atoms with Gasteiger partial charge < -0.3 is 15.5 Å². The molecule has 1 atom stereocenters. The SMILES string of the molecule is CC(C)c1cccc(C(C)C)c1NCC(Nc1c(C(C)C)cccc1C(C)C)c1ccc(N(C)C)cc1. The summed E-state index contributed by atoms with van der Waals surface area (Å²) in [5.41, 5.74) is 10.6. The Morgan fingerprint density at radius 3 is 1.35 bits per heavy atom. The molecule has 0 aliphatic heterocycles. The van der Waals surface area contributed by atoms with E-state index in [2.05, 4.69) is 146 Å². The molecular formula is C34H49N3. The quantitative estimate of drug-likeness (QED) is 0.275. The van der Waals surface area contributed by atoms with E-state index in [1.54, 1.807) is 0 Å². The van der Waals surface area contributed by atoms with Gasteiger partial charge in [0.1, 0.15) is 0 Å². The van der Waals surface area contributed by atoms with Crippen LogP contribution in [-0.2, 0) is 0 Å². The van der Waals surface area contributed by atoms with Crippen LogP contribution in [0.5, 0.6) is 0 Å². The minimum absolute atomic E-state index is 0.119. The van der Waals surface area contributed by atoms with Crippen LogP contribution in [0.4, 0.5) is 17.1 Å². The number of anilines is 3. The maximum atomic E-state index is 4.04. The number of hydrogen-bond acceptors (Lipinski definition) is 3. The largest absolute Gasteiger partial charge is 0.382 e. The van der Waals surface area contributed by atoms with Gasteiger partial charge >= 0.3 is 0 Å². The first kappa shape index (κ1) is 28.6. The van der Waals surface area contributed by atoms with E-state index in [4.69, 9.17) is 0 Å². The van der Waals surface area contributed by atoms with Gasteiger partial charge in [0.2, 0.25) is 0 Å². The van der Waals surface area contributed by atoms with Crippen molar-refractivity contribution in [3.8, 4) is 0 Å². The molecule has 0 saturated heterocycles. The number of rotatable bonds is 11. The van der Waals surface area contributed by atoms with E-state index in [0.717, 1.165) is 6.54 Å². The Kier molecular flexibility index (Phi) is 9.70. The molecule has 200 valence electrons. The molecule has 3 rings (SSSR count). The van der Waals surface area contributed by atoms with Crippen molar-refractivity contribution in [3.63, 3.8) is 0 Å². The van der Waals surface area contributed by atoms with Crippen molar-refractivity contribution in [2.75, 3.05) is 36.2 Å². The monoisotopic (exact) mass is 499 g/mol. The van der Waals surface area contributed by atoms with E-state index in [9.17, 15) is 0 Å². The zero-order valence-electron chi connectivity index (χ0n) is 24.8. The van der Waals surface area contributed by atoms with Gasteiger partial charge in [0.15, 0.2) is 0 Å². The second-order valence-electron chi connectivity index (χ2n) is 11.8. The fourth-order valence-electron chi connectivity index (χ4n) is 5.11. The lowest BCUT2D eigenvalue weighted by Gasteiger charge is -2.29. The van der Waals surface area contributed by atoms with Crippen molar-refractivity contribution in [1.82, 2.24) is 0 Å². The zero-order valence-corrected chi connectivity index (χ0v) is 24.8. The zero-order chi connectivity index (χ0) is 27.3. The average molecular weight is 500 g/mol. The smallest absolute Gasteiger partial charge is 0.0686 e. The third-order valence-corrected chi connectivity index (χ3v) is 7.36. The minimum atomic E-state index is 0.119. The topological polar surface area (TPSA) is 27.3 Å². The van der Waals surface area contributed by atoms with Gasteiger partial charge in [-0.2, -0.15) is 0 Å². The molecule has 0 spiro atoms. The van der Waals surface area contributed by atoms with E-state index in [-0.39, 0.29) is 6.04 Å². The normalized spacial score (nSPS) is 12.5. The van der Waals surface area contributed by atoms with E-state index in [0.29, 0.717) is 23.7 Å². The molecule has 1 unspecified atom stereocenters. The highest BCUT2D eigenvalue weighted by molar-refractivity contribution is 5.63. The van der Waals surface area contributed by atoms with E-state index >= 15 is 0 Å². The molecule has 37 heavy (non-hydrogen) atoms. The third kappa shape index (κ3) is 6.89. The average Bonchev–Trinajstić information content (AvgIpc) is 2.85. The van der Waals surface area contributed by atoms with Crippen LogP contribution in [0.15, 0.2) is 60.7 Å². The summed E-state index contributed by atoms with van der Waals surface area (Å²) in [7, 11) is 4.19. The highest BCUT2D eigenvalue weighted by Gasteiger charge is 2.21. The van der Waals surface area contributed by atoms with Crippen LogP contribution in [0.3, 0.4) is 0 Å². The van der Waals surface area contributed by atoms with Crippen molar-refractivity contribution in [1.29, 1.82) is 0 Å². The second-order valence-corrected chi connectivity index (χ2v) is 11.8. The standard InChI is InChI=1S/C34H49N3/c1-22(2)28-13-11-14-29(23(3)4)33(28)35-21-32(26-17-19-27(20-18-26)37(9)10)36-34-30(24(5)6)15-12-16-31(34)25(7)8/h11-20,22-25,32,35-36H,21H2,1-10H3. The summed E-state index contributed by atoms with van der Waals surface area (Å²) in [6.07, 6.45) is 0. The lowest BCUT2D eigenvalue weighted by Crippen LogP contribution is -2.23. The van der Waals surface area contributed by atoms with Crippen LogP contribution in [0.1, 0.15) is 113 Å². The van der Waals surface area contributed by atoms with Crippen molar-refractivity contribution in [2.24, 2.45) is 0 Å². The summed E-state index contributed by atoms with van der Waals surface area (Å²) in [5, 5.41) is 7.96. The summed E-state index contributed by atoms with van der Waals surface area (Å²) in [6.45, 7) is 19.1. The third-order valence-electron chi connectivity index (χ3n) is 7.36. The number of hydrogen-bond donors (Lipinski definition) is 2. The Balaban J connectivity index is 2.07. The predicted octanol–water partition coefficient (Wildman–Crippen LogP) is 9.51. The summed E-state index contributed by atoms with van der Waals surface area (Å²) in [4.78, 5) is 2.16. The Morgan fingerprint density at radius 1 is 0.568 bits per heavy atom. The molecule has 3 aromatic carbocycles. The first-order valence-corrected chi connectivity index (χ1v) is 14.0. The van der Waals surface area contributed by atoms with Gasteiger partial charge in [0.25, 0.3) is 0 Å². The van der Waals surface area contributed by atoms with Crippen LogP contribution in [0.25, 0.3) is 0 Å². The summed E-state index contributed by atoms with van der Waals surface area (Å²) >= 11 is 0. The van der Waals surface area contributed by atoms with Crippen LogP contribution in [0, 0.1) is 0 Å². The first-order valence-electron chi connectivity index (χ1n) is 14.0. The molecule has 0 radical (unpaired) electrons.